The first kappa shape index (κ1) is 21.3. The molecule has 0 aliphatic heterocycles. The van der Waals surface area contributed by atoms with E-state index in [0.29, 0.717) is 29.6 Å². The van der Waals surface area contributed by atoms with Crippen LogP contribution in [0, 0.1) is 5.82 Å². The number of anilines is 1. The van der Waals surface area contributed by atoms with Crippen LogP contribution in [-0.4, -0.2) is 24.7 Å². The van der Waals surface area contributed by atoms with E-state index in [2.05, 4.69) is 10.4 Å². The van der Waals surface area contributed by atoms with Crippen molar-refractivity contribution in [2.24, 2.45) is 0 Å². The van der Waals surface area contributed by atoms with Crippen LogP contribution in [0.15, 0.2) is 88.5 Å². The predicted octanol–water partition coefficient (Wildman–Crippen LogP) is 2.83. The second kappa shape index (κ2) is 8.78. The Morgan fingerprint density at radius 2 is 1.62 bits per heavy atom. The van der Waals surface area contributed by atoms with E-state index >= 15 is 0 Å². The Morgan fingerprint density at radius 3 is 2.38 bits per heavy atom. The standard InChI is InChI=1S/C25H20FN5O3/c26-18-10-12-19(13-11-18)27-22(32)16-30-25(34)31-21-9-5-4-8-20(21)23(33)29(24(31)28-30)15-14-17-6-2-1-3-7-17/h1-13H,14-16H2,(H,27,32). The maximum Gasteiger partial charge on any atom is 0.352 e. The number of hydrogen-bond acceptors (Lipinski definition) is 4. The van der Waals surface area contributed by atoms with Crippen molar-refractivity contribution in [1.82, 2.24) is 18.7 Å². The molecule has 8 nitrogen and oxygen atoms in total. The molecule has 0 saturated carbocycles. The van der Waals surface area contributed by atoms with Crippen molar-refractivity contribution in [3.8, 4) is 0 Å². The number of aryl methyl sites for hydroxylation is 2. The Bertz CT molecular complexity index is 1620. The van der Waals surface area contributed by atoms with E-state index < -0.39 is 17.4 Å². The molecule has 3 aromatic carbocycles. The molecule has 0 unspecified atom stereocenters. The monoisotopic (exact) mass is 457 g/mol. The smallest absolute Gasteiger partial charge is 0.324 e. The van der Waals surface area contributed by atoms with Crippen LogP contribution < -0.4 is 16.6 Å². The van der Waals surface area contributed by atoms with Crippen molar-refractivity contribution >= 4 is 28.3 Å². The molecular formula is C25H20FN5O3. The molecule has 34 heavy (non-hydrogen) atoms. The van der Waals surface area contributed by atoms with Gasteiger partial charge in [0.25, 0.3) is 5.56 Å². The lowest BCUT2D eigenvalue weighted by Crippen LogP contribution is -2.29. The number of amides is 1. The summed E-state index contributed by atoms with van der Waals surface area (Å²) < 4.78 is 17.0. The van der Waals surface area contributed by atoms with Crippen LogP contribution in [0.4, 0.5) is 10.1 Å². The highest BCUT2D eigenvalue weighted by Crippen LogP contribution is 2.12. The molecule has 0 fully saturated rings. The van der Waals surface area contributed by atoms with E-state index in [9.17, 15) is 18.8 Å². The third-order valence-electron chi connectivity index (χ3n) is 5.57. The Morgan fingerprint density at radius 1 is 0.912 bits per heavy atom. The zero-order chi connectivity index (χ0) is 23.7. The highest BCUT2D eigenvalue weighted by molar-refractivity contribution is 5.90. The van der Waals surface area contributed by atoms with Crippen LogP contribution in [-0.2, 0) is 24.3 Å². The lowest BCUT2D eigenvalue weighted by Gasteiger charge is -2.09. The molecule has 0 spiro atoms. The summed E-state index contributed by atoms with van der Waals surface area (Å²) in [5.41, 5.74) is 1.07. The van der Waals surface area contributed by atoms with E-state index in [-0.39, 0.29) is 17.9 Å². The molecule has 170 valence electrons. The molecular weight excluding hydrogens is 437 g/mol. The third-order valence-corrected chi connectivity index (χ3v) is 5.57. The number of rotatable bonds is 6. The van der Waals surface area contributed by atoms with Gasteiger partial charge in [0.2, 0.25) is 11.7 Å². The van der Waals surface area contributed by atoms with Gasteiger partial charge in [-0.2, -0.15) is 0 Å². The van der Waals surface area contributed by atoms with E-state index in [4.69, 9.17) is 0 Å². The van der Waals surface area contributed by atoms with Gasteiger partial charge in [-0.25, -0.2) is 18.3 Å². The molecule has 0 aliphatic rings. The first-order valence-corrected chi connectivity index (χ1v) is 10.7. The average Bonchev–Trinajstić information content (AvgIpc) is 3.16. The largest absolute Gasteiger partial charge is 0.352 e. The molecule has 9 heteroatoms. The van der Waals surface area contributed by atoms with Gasteiger partial charge >= 0.3 is 5.69 Å². The zero-order valence-corrected chi connectivity index (χ0v) is 18.0. The minimum absolute atomic E-state index is 0.166. The number of nitrogens with zero attached hydrogens (tertiary/aromatic N) is 4. The summed E-state index contributed by atoms with van der Waals surface area (Å²) in [5.74, 6) is -0.756. The van der Waals surface area contributed by atoms with Crippen LogP contribution in [0.2, 0.25) is 0 Å². The molecule has 0 atom stereocenters. The summed E-state index contributed by atoms with van der Waals surface area (Å²) in [5, 5.41) is 7.35. The molecule has 0 bridgehead atoms. The fraction of sp³-hybridized carbons (Fsp3) is 0.120. The van der Waals surface area contributed by atoms with Gasteiger partial charge in [0, 0.05) is 12.2 Å². The van der Waals surface area contributed by atoms with Gasteiger partial charge in [-0.15, -0.1) is 5.10 Å². The van der Waals surface area contributed by atoms with Gasteiger partial charge in [0.15, 0.2) is 0 Å². The van der Waals surface area contributed by atoms with Crippen LogP contribution in [0.3, 0.4) is 0 Å². The molecule has 1 amide bonds. The molecule has 0 aliphatic carbocycles. The summed E-state index contributed by atoms with van der Waals surface area (Å²) in [6.45, 7) is -0.0471. The van der Waals surface area contributed by atoms with Crippen molar-refractivity contribution in [2.75, 3.05) is 5.32 Å². The van der Waals surface area contributed by atoms with Gasteiger partial charge < -0.3 is 5.32 Å². The Labute approximate surface area is 192 Å². The lowest BCUT2D eigenvalue weighted by atomic mass is 10.1. The highest BCUT2D eigenvalue weighted by atomic mass is 19.1. The summed E-state index contributed by atoms with van der Waals surface area (Å²) in [6, 6.07) is 21.8. The maximum absolute atomic E-state index is 13.3. The summed E-state index contributed by atoms with van der Waals surface area (Å²) in [6.07, 6.45) is 0.570. The Hall–Kier alpha value is -4.53. The van der Waals surface area contributed by atoms with Gasteiger partial charge in [0.05, 0.1) is 10.9 Å². The van der Waals surface area contributed by atoms with Gasteiger partial charge in [-0.3, -0.25) is 14.2 Å². The Kier molecular flexibility index (Phi) is 5.51. The predicted molar refractivity (Wildman–Crippen MR) is 126 cm³/mol. The normalized spacial score (nSPS) is 11.2. The number of fused-ring (bicyclic) bond motifs is 3. The lowest BCUT2D eigenvalue weighted by molar-refractivity contribution is -0.117. The molecule has 5 rings (SSSR count). The molecule has 0 radical (unpaired) electrons. The van der Waals surface area contributed by atoms with Gasteiger partial charge in [-0.05, 0) is 48.4 Å². The van der Waals surface area contributed by atoms with Crippen LogP contribution in [0.1, 0.15) is 5.56 Å². The second-order valence-corrected chi connectivity index (χ2v) is 7.84. The third kappa shape index (κ3) is 3.99. The van der Waals surface area contributed by atoms with Crippen molar-refractivity contribution in [3.05, 3.63) is 111 Å². The van der Waals surface area contributed by atoms with Crippen LogP contribution in [0.5, 0.6) is 0 Å². The van der Waals surface area contributed by atoms with Gasteiger partial charge in [0.1, 0.15) is 12.4 Å². The highest BCUT2D eigenvalue weighted by Gasteiger charge is 2.18. The number of para-hydroxylation sites is 1. The van der Waals surface area contributed by atoms with Crippen molar-refractivity contribution in [3.63, 3.8) is 0 Å². The van der Waals surface area contributed by atoms with E-state index in [1.165, 1.54) is 33.2 Å². The fourth-order valence-corrected chi connectivity index (χ4v) is 3.93. The quantitative estimate of drug-likeness (QED) is 0.425. The molecule has 5 aromatic rings. The minimum Gasteiger partial charge on any atom is -0.324 e. The summed E-state index contributed by atoms with van der Waals surface area (Å²) in [7, 11) is 0. The number of carbonyl (C=O) groups excluding carboxylic acids is 1. The molecule has 2 heterocycles. The topological polar surface area (TPSA) is 90.4 Å². The number of aromatic nitrogens is 4. The number of halogens is 1. The molecule has 2 aromatic heterocycles. The van der Waals surface area contributed by atoms with E-state index in [0.717, 1.165) is 10.2 Å². The summed E-state index contributed by atoms with van der Waals surface area (Å²) >= 11 is 0. The van der Waals surface area contributed by atoms with Crippen LogP contribution >= 0.6 is 0 Å². The Balaban J connectivity index is 1.55. The number of carbonyl (C=O) groups is 1. The van der Waals surface area contributed by atoms with Gasteiger partial charge in [-0.1, -0.05) is 42.5 Å². The number of hydrogen-bond donors (Lipinski definition) is 1. The van der Waals surface area contributed by atoms with Crippen LogP contribution in [0.25, 0.3) is 16.7 Å². The van der Waals surface area contributed by atoms with Crippen molar-refractivity contribution in [2.45, 2.75) is 19.5 Å². The van der Waals surface area contributed by atoms with Crippen molar-refractivity contribution < 1.29 is 9.18 Å². The SMILES string of the molecule is O=C(Cn1nc2n(CCc3ccccc3)c(=O)c3ccccc3n2c1=O)Nc1ccc(F)cc1. The first-order chi connectivity index (χ1) is 16.5. The average molecular weight is 457 g/mol. The van der Waals surface area contributed by atoms with Crippen molar-refractivity contribution in [1.29, 1.82) is 0 Å². The minimum atomic E-state index is -0.533. The second-order valence-electron chi connectivity index (χ2n) is 7.84. The molecule has 0 saturated heterocycles. The molecule has 1 N–H and O–H groups in total. The summed E-state index contributed by atoms with van der Waals surface area (Å²) in [4.78, 5) is 39.0. The zero-order valence-electron chi connectivity index (χ0n) is 18.0. The van der Waals surface area contributed by atoms with E-state index in [1.54, 1.807) is 24.3 Å². The number of benzene rings is 3. The first-order valence-electron chi connectivity index (χ1n) is 10.7. The fourth-order valence-electron chi connectivity index (χ4n) is 3.93. The van der Waals surface area contributed by atoms with E-state index in [1.807, 2.05) is 30.3 Å². The maximum atomic E-state index is 13.3. The number of nitrogens with one attached hydrogen (secondary N) is 1.